The number of aromatic nitrogens is 7. The van der Waals surface area contributed by atoms with Crippen LogP contribution in [0.5, 0.6) is 0 Å². The standard InChI is InChI=1S/C21H17F5N8/c1-2-14-19-31-29-11-34(19)15-10-28-20(30-18(15)32(14)8-6-21(24,25)26)33-9-7-27-17(33)12-4-3-5-13(22)16(12)23/h3-5,7,9-11,14H,2,6,8H2,1H3. The molecule has 13 heteroatoms. The summed E-state index contributed by atoms with van der Waals surface area (Å²) in [5.41, 5.74) is 0.307. The third kappa shape index (κ3) is 3.66. The zero-order valence-electron chi connectivity index (χ0n) is 17.7. The van der Waals surface area contributed by atoms with Gasteiger partial charge in [-0.2, -0.15) is 18.2 Å². The fraction of sp³-hybridized carbons (Fsp3) is 0.286. The summed E-state index contributed by atoms with van der Waals surface area (Å²) in [6, 6.07) is 3.20. The molecule has 0 N–H and O–H groups in total. The van der Waals surface area contributed by atoms with E-state index in [1.165, 1.54) is 46.5 Å². The number of hydrogen-bond donors (Lipinski definition) is 0. The smallest absolute Gasteiger partial charge is 0.344 e. The van der Waals surface area contributed by atoms with Crippen molar-refractivity contribution in [3.05, 3.63) is 60.6 Å². The van der Waals surface area contributed by atoms with E-state index in [1.807, 2.05) is 6.92 Å². The molecular weight excluding hydrogens is 459 g/mol. The quantitative estimate of drug-likeness (QED) is 0.397. The Bertz CT molecular complexity index is 1350. The highest BCUT2D eigenvalue weighted by atomic mass is 19.4. The second kappa shape index (κ2) is 8.15. The molecule has 1 aliphatic rings. The maximum absolute atomic E-state index is 14.4. The lowest BCUT2D eigenvalue weighted by molar-refractivity contribution is -0.132. The Labute approximate surface area is 189 Å². The van der Waals surface area contributed by atoms with Crippen LogP contribution in [0.1, 0.15) is 31.6 Å². The van der Waals surface area contributed by atoms with E-state index in [1.54, 1.807) is 4.57 Å². The van der Waals surface area contributed by atoms with Gasteiger partial charge in [0.2, 0.25) is 5.95 Å². The third-order valence-electron chi connectivity index (χ3n) is 5.59. The monoisotopic (exact) mass is 476 g/mol. The first-order valence-electron chi connectivity index (χ1n) is 10.4. The van der Waals surface area contributed by atoms with Gasteiger partial charge < -0.3 is 4.90 Å². The van der Waals surface area contributed by atoms with Gasteiger partial charge in [0.25, 0.3) is 0 Å². The van der Waals surface area contributed by atoms with Crippen LogP contribution in [0.15, 0.2) is 43.1 Å². The van der Waals surface area contributed by atoms with E-state index in [2.05, 4.69) is 25.1 Å². The van der Waals surface area contributed by atoms with Crippen LogP contribution in [0.2, 0.25) is 0 Å². The number of rotatable bonds is 5. The second-order valence-electron chi connectivity index (χ2n) is 7.64. The van der Waals surface area contributed by atoms with Gasteiger partial charge in [-0.25, -0.2) is 18.7 Å². The molecule has 4 aromatic rings. The highest BCUT2D eigenvalue weighted by Crippen LogP contribution is 2.39. The average Bonchev–Trinajstić information content (AvgIpc) is 3.48. The van der Waals surface area contributed by atoms with Crippen LogP contribution in [0, 0.1) is 11.6 Å². The molecule has 0 fully saturated rings. The van der Waals surface area contributed by atoms with Crippen molar-refractivity contribution in [1.82, 2.24) is 34.3 Å². The number of fused-ring (bicyclic) bond motifs is 3. The number of anilines is 1. The second-order valence-corrected chi connectivity index (χ2v) is 7.64. The molecule has 34 heavy (non-hydrogen) atoms. The van der Waals surface area contributed by atoms with Gasteiger partial charge in [-0.05, 0) is 18.6 Å². The van der Waals surface area contributed by atoms with Crippen LogP contribution >= 0.6 is 0 Å². The first-order chi connectivity index (χ1) is 16.3. The van der Waals surface area contributed by atoms with Gasteiger partial charge >= 0.3 is 6.18 Å². The molecule has 0 radical (unpaired) electrons. The van der Waals surface area contributed by atoms with E-state index in [0.717, 1.165) is 6.07 Å². The summed E-state index contributed by atoms with van der Waals surface area (Å²) < 4.78 is 70.5. The molecule has 1 aliphatic heterocycles. The van der Waals surface area contributed by atoms with Crippen LogP contribution in [0.25, 0.3) is 23.0 Å². The van der Waals surface area contributed by atoms with Crippen molar-refractivity contribution in [2.24, 2.45) is 0 Å². The van der Waals surface area contributed by atoms with Crippen LogP contribution < -0.4 is 4.90 Å². The molecule has 0 spiro atoms. The van der Waals surface area contributed by atoms with E-state index in [-0.39, 0.29) is 29.7 Å². The molecule has 1 atom stereocenters. The first kappa shape index (κ1) is 21.9. The largest absolute Gasteiger partial charge is 0.390 e. The van der Waals surface area contributed by atoms with Gasteiger partial charge in [0, 0.05) is 18.9 Å². The minimum atomic E-state index is -4.37. The minimum Gasteiger partial charge on any atom is -0.344 e. The van der Waals surface area contributed by atoms with E-state index in [9.17, 15) is 22.0 Å². The molecule has 0 amide bonds. The summed E-state index contributed by atoms with van der Waals surface area (Å²) in [6.07, 6.45) is 0.754. The molecule has 3 aromatic heterocycles. The topological polar surface area (TPSA) is 77.5 Å². The average molecular weight is 476 g/mol. The summed E-state index contributed by atoms with van der Waals surface area (Å²) >= 11 is 0. The van der Waals surface area contributed by atoms with Crippen LogP contribution in [0.4, 0.5) is 27.8 Å². The Morgan fingerprint density at radius 3 is 2.68 bits per heavy atom. The molecular formula is C21H17F5N8. The van der Waals surface area contributed by atoms with Gasteiger partial charge in [-0.15, -0.1) is 10.2 Å². The molecule has 0 saturated heterocycles. The summed E-state index contributed by atoms with van der Waals surface area (Å²) in [4.78, 5) is 14.5. The Balaban J connectivity index is 1.64. The van der Waals surface area contributed by atoms with E-state index < -0.39 is 30.3 Å². The van der Waals surface area contributed by atoms with Crippen molar-refractivity contribution in [3.63, 3.8) is 0 Å². The SMILES string of the molecule is CCC1c2nncn2-c2cnc(-n3ccnc3-c3cccc(F)c3F)nc2N1CCC(F)(F)F. The minimum absolute atomic E-state index is 0.0401. The van der Waals surface area contributed by atoms with Crippen LogP contribution in [0.3, 0.4) is 0 Å². The Hall–Kier alpha value is -3.90. The van der Waals surface area contributed by atoms with Crippen molar-refractivity contribution in [1.29, 1.82) is 0 Å². The molecule has 8 nitrogen and oxygen atoms in total. The first-order valence-corrected chi connectivity index (χ1v) is 10.4. The number of nitrogens with zero attached hydrogens (tertiary/aromatic N) is 8. The maximum Gasteiger partial charge on any atom is 0.390 e. The molecule has 1 aromatic carbocycles. The summed E-state index contributed by atoms with van der Waals surface area (Å²) in [6.45, 7) is 1.48. The maximum atomic E-state index is 14.4. The number of alkyl halides is 3. The summed E-state index contributed by atoms with van der Waals surface area (Å²) in [7, 11) is 0. The molecule has 4 heterocycles. The van der Waals surface area contributed by atoms with Gasteiger partial charge in [0.1, 0.15) is 17.8 Å². The number of imidazole rings is 1. The van der Waals surface area contributed by atoms with E-state index in [0.29, 0.717) is 17.9 Å². The molecule has 0 aliphatic carbocycles. The fourth-order valence-corrected chi connectivity index (χ4v) is 4.05. The van der Waals surface area contributed by atoms with Crippen molar-refractivity contribution in [2.75, 3.05) is 11.4 Å². The highest BCUT2D eigenvalue weighted by molar-refractivity contribution is 5.63. The zero-order chi connectivity index (χ0) is 24.0. The van der Waals surface area contributed by atoms with Crippen molar-refractivity contribution in [2.45, 2.75) is 32.0 Å². The molecule has 5 rings (SSSR count). The van der Waals surface area contributed by atoms with Crippen molar-refractivity contribution in [3.8, 4) is 23.0 Å². The number of benzene rings is 1. The predicted molar refractivity (Wildman–Crippen MR) is 110 cm³/mol. The number of halogens is 5. The lowest BCUT2D eigenvalue weighted by Crippen LogP contribution is -2.38. The number of hydrogen-bond acceptors (Lipinski definition) is 6. The molecule has 0 bridgehead atoms. The normalized spacial score (nSPS) is 15.4. The Morgan fingerprint density at radius 2 is 1.91 bits per heavy atom. The lowest BCUT2D eigenvalue weighted by Gasteiger charge is -2.37. The van der Waals surface area contributed by atoms with E-state index in [4.69, 9.17) is 0 Å². The Morgan fingerprint density at radius 1 is 1.09 bits per heavy atom. The van der Waals surface area contributed by atoms with Crippen molar-refractivity contribution >= 4 is 5.82 Å². The van der Waals surface area contributed by atoms with Crippen LogP contribution in [-0.2, 0) is 0 Å². The highest BCUT2D eigenvalue weighted by Gasteiger charge is 2.37. The van der Waals surface area contributed by atoms with Gasteiger partial charge in [0.15, 0.2) is 23.3 Å². The molecule has 1 unspecified atom stereocenters. The van der Waals surface area contributed by atoms with Gasteiger partial charge in [-0.1, -0.05) is 13.0 Å². The van der Waals surface area contributed by atoms with Crippen LogP contribution in [-0.4, -0.2) is 47.0 Å². The third-order valence-corrected chi connectivity index (χ3v) is 5.59. The summed E-state index contributed by atoms with van der Waals surface area (Å²) in [5.74, 6) is -1.31. The fourth-order valence-electron chi connectivity index (χ4n) is 4.05. The predicted octanol–water partition coefficient (Wildman–Crippen LogP) is 4.41. The summed E-state index contributed by atoms with van der Waals surface area (Å²) in [5, 5.41) is 7.99. The lowest BCUT2D eigenvalue weighted by atomic mass is 10.1. The zero-order valence-corrected chi connectivity index (χ0v) is 17.7. The van der Waals surface area contributed by atoms with Crippen molar-refractivity contribution < 1.29 is 22.0 Å². The van der Waals surface area contributed by atoms with Gasteiger partial charge in [-0.3, -0.25) is 9.13 Å². The Kier molecular flexibility index (Phi) is 5.25. The van der Waals surface area contributed by atoms with E-state index >= 15 is 0 Å². The molecule has 0 saturated carbocycles. The van der Waals surface area contributed by atoms with Gasteiger partial charge in [0.05, 0.1) is 24.2 Å². The molecule has 176 valence electrons.